The Labute approximate surface area is 200 Å². The Morgan fingerprint density at radius 2 is 1.62 bits per heavy atom. The van der Waals surface area contributed by atoms with Gasteiger partial charge in [-0.15, -0.1) is 0 Å². The number of nitrogens with zero attached hydrogens (tertiary/aromatic N) is 1. The molecular weight excluding hydrogens is 434 g/mol. The molecule has 1 unspecified atom stereocenters. The highest BCUT2D eigenvalue weighted by Crippen LogP contribution is 2.44. The van der Waals surface area contributed by atoms with E-state index in [0.717, 1.165) is 22.3 Å². The van der Waals surface area contributed by atoms with Crippen LogP contribution in [0.3, 0.4) is 0 Å². The van der Waals surface area contributed by atoms with Gasteiger partial charge in [-0.3, -0.25) is 9.59 Å². The van der Waals surface area contributed by atoms with Crippen LogP contribution in [0, 0.1) is 5.41 Å². The van der Waals surface area contributed by atoms with Gasteiger partial charge in [0.05, 0.1) is 5.41 Å². The van der Waals surface area contributed by atoms with Gasteiger partial charge in [-0.05, 0) is 49.7 Å². The first kappa shape index (κ1) is 25.2. The van der Waals surface area contributed by atoms with Crippen molar-refractivity contribution in [1.82, 2.24) is 15.5 Å². The van der Waals surface area contributed by atoms with E-state index >= 15 is 0 Å². The molecule has 0 aromatic heterocycles. The van der Waals surface area contributed by atoms with E-state index in [9.17, 15) is 19.5 Å². The summed E-state index contributed by atoms with van der Waals surface area (Å²) < 4.78 is 5.56. The second-order valence-corrected chi connectivity index (χ2v) is 9.22. The lowest BCUT2D eigenvalue weighted by Gasteiger charge is -2.26. The number of amides is 2. The van der Waals surface area contributed by atoms with E-state index in [4.69, 9.17) is 4.74 Å². The summed E-state index contributed by atoms with van der Waals surface area (Å²) in [4.78, 5) is 38.7. The Bertz CT molecular complexity index is 1010. The van der Waals surface area contributed by atoms with Crippen LogP contribution in [0.15, 0.2) is 48.5 Å². The summed E-state index contributed by atoms with van der Waals surface area (Å²) in [6, 6.07) is 15.2. The standard InChI is InChI=1S/C26H33N3O5/c1-5-26(2,24(31)32)16-27-23(30)22(14-29(3)4)28-25(33)34-15-21-19-12-8-6-10-17(19)18-11-7-9-13-20(18)21/h6-13,21-22H,5,14-16H2,1-4H3,(H,27,30)(H,28,33)(H,31,32)/t22-,26?/m0/s1. The number of hydrogen-bond donors (Lipinski definition) is 3. The molecule has 34 heavy (non-hydrogen) atoms. The zero-order valence-corrected chi connectivity index (χ0v) is 20.1. The van der Waals surface area contributed by atoms with Gasteiger partial charge in [-0.1, -0.05) is 55.5 Å². The van der Waals surface area contributed by atoms with E-state index in [1.807, 2.05) is 36.4 Å². The molecule has 0 saturated heterocycles. The van der Waals surface area contributed by atoms with Crippen molar-refractivity contribution < 1.29 is 24.2 Å². The summed E-state index contributed by atoms with van der Waals surface area (Å²) in [6.45, 7) is 3.69. The van der Waals surface area contributed by atoms with E-state index in [2.05, 4.69) is 22.8 Å². The van der Waals surface area contributed by atoms with Crippen LogP contribution in [0.2, 0.25) is 0 Å². The van der Waals surface area contributed by atoms with E-state index < -0.39 is 29.4 Å². The fourth-order valence-corrected chi connectivity index (χ4v) is 4.10. The average Bonchev–Trinajstić information content (AvgIpc) is 3.14. The lowest BCUT2D eigenvalue weighted by molar-refractivity contribution is -0.148. The van der Waals surface area contributed by atoms with Crippen molar-refractivity contribution in [3.8, 4) is 11.1 Å². The summed E-state index contributed by atoms with van der Waals surface area (Å²) in [5.74, 6) is -1.52. The van der Waals surface area contributed by atoms with Gasteiger partial charge >= 0.3 is 12.1 Å². The molecule has 0 aliphatic heterocycles. The van der Waals surface area contributed by atoms with E-state index in [1.54, 1.807) is 32.8 Å². The number of alkyl carbamates (subject to hydrolysis) is 1. The van der Waals surface area contributed by atoms with Crippen LogP contribution in [0.25, 0.3) is 11.1 Å². The molecular formula is C26H33N3O5. The topological polar surface area (TPSA) is 108 Å². The Hall–Kier alpha value is -3.39. The summed E-state index contributed by atoms with van der Waals surface area (Å²) in [7, 11) is 3.57. The molecule has 2 aromatic rings. The van der Waals surface area contributed by atoms with Gasteiger partial charge in [0, 0.05) is 19.0 Å². The summed E-state index contributed by atoms with van der Waals surface area (Å²) >= 11 is 0. The third kappa shape index (κ3) is 5.56. The number of carbonyl (C=O) groups is 3. The van der Waals surface area contributed by atoms with Gasteiger partial charge in [0.25, 0.3) is 0 Å². The van der Waals surface area contributed by atoms with Crippen molar-refractivity contribution in [2.45, 2.75) is 32.2 Å². The highest BCUT2D eigenvalue weighted by Gasteiger charge is 2.33. The largest absolute Gasteiger partial charge is 0.481 e. The molecule has 0 saturated carbocycles. The van der Waals surface area contributed by atoms with Crippen LogP contribution < -0.4 is 10.6 Å². The predicted molar refractivity (Wildman–Crippen MR) is 130 cm³/mol. The molecule has 0 spiro atoms. The fourth-order valence-electron chi connectivity index (χ4n) is 4.10. The van der Waals surface area contributed by atoms with Crippen LogP contribution in [-0.2, 0) is 14.3 Å². The van der Waals surface area contributed by atoms with Gasteiger partial charge in [0.2, 0.25) is 5.91 Å². The van der Waals surface area contributed by atoms with E-state index in [0.29, 0.717) is 6.42 Å². The van der Waals surface area contributed by atoms with Crippen molar-refractivity contribution in [2.75, 3.05) is 33.8 Å². The highest BCUT2D eigenvalue weighted by molar-refractivity contribution is 5.86. The minimum Gasteiger partial charge on any atom is -0.481 e. The van der Waals surface area contributed by atoms with Crippen molar-refractivity contribution in [3.63, 3.8) is 0 Å². The Morgan fingerprint density at radius 1 is 1.06 bits per heavy atom. The highest BCUT2D eigenvalue weighted by atomic mass is 16.5. The first-order chi connectivity index (χ1) is 16.2. The summed E-state index contributed by atoms with van der Waals surface area (Å²) in [5, 5.41) is 14.8. The first-order valence-corrected chi connectivity index (χ1v) is 11.4. The van der Waals surface area contributed by atoms with Gasteiger partial charge < -0.3 is 25.4 Å². The van der Waals surface area contributed by atoms with Crippen molar-refractivity contribution in [1.29, 1.82) is 0 Å². The van der Waals surface area contributed by atoms with Gasteiger partial charge in [-0.2, -0.15) is 0 Å². The molecule has 2 aromatic carbocycles. The molecule has 8 heteroatoms. The monoisotopic (exact) mass is 467 g/mol. The maximum atomic E-state index is 12.8. The molecule has 0 fully saturated rings. The summed E-state index contributed by atoms with van der Waals surface area (Å²) in [5.41, 5.74) is 3.39. The lowest BCUT2D eigenvalue weighted by atomic mass is 9.87. The number of carbonyl (C=O) groups excluding carboxylic acids is 2. The normalized spacial score (nSPS) is 15.1. The van der Waals surface area contributed by atoms with Crippen LogP contribution in [-0.4, -0.2) is 67.8 Å². The molecule has 1 aliphatic rings. The molecule has 0 heterocycles. The Morgan fingerprint density at radius 3 is 2.12 bits per heavy atom. The maximum Gasteiger partial charge on any atom is 0.407 e. The number of carboxylic acid groups (broad SMARTS) is 1. The zero-order valence-electron chi connectivity index (χ0n) is 20.1. The number of carboxylic acids is 1. The number of fused-ring (bicyclic) bond motifs is 3. The number of benzene rings is 2. The Kier molecular flexibility index (Phi) is 7.94. The van der Waals surface area contributed by atoms with Crippen molar-refractivity contribution in [2.24, 2.45) is 5.41 Å². The molecule has 8 nitrogen and oxygen atoms in total. The third-order valence-corrected chi connectivity index (χ3v) is 6.45. The summed E-state index contributed by atoms with van der Waals surface area (Å²) in [6.07, 6.45) is -0.332. The zero-order chi connectivity index (χ0) is 24.9. The number of aliphatic carboxylic acids is 1. The number of nitrogens with one attached hydrogen (secondary N) is 2. The van der Waals surface area contributed by atoms with Crippen molar-refractivity contribution >= 4 is 18.0 Å². The van der Waals surface area contributed by atoms with E-state index in [1.165, 1.54) is 0 Å². The second kappa shape index (κ2) is 10.7. The van der Waals surface area contributed by atoms with Crippen LogP contribution >= 0.6 is 0 Å². The number of likely N-dealkylation sites (N-methyl/N-ethyl adjacent to an activating group) is 1. The van der Waals surface area contributed by atoms with Crippen LogP contribution in [0.1, 0.15) is 37.3 Å². The van der Waals surface area contributed by atoms with Gasteiger partial charge in [0.1, 0.15) is 12.6 Å². The van der Waals surface area contributed by atoms with Crippen LogP contribution in [0.5, 0.6) is 0 Å². The number of rotatable bonds is 10. The first-order valence-electron chi connectivity index (χ1n) is 11.4. The molecule has 2 atom stereocenters. The van der Waals surface area contributed by atoms with Crippen LogP contribution in [0.4, 0.5) is 4.79 Å². The maximum absolute atomic E-state index is 12.8. The van der Waals surface area contributed by atoms with Crippen molar-refractivity contribution in [3.05, 3.63) is 59.7 Å². The molecule has 1 aliphatic carbocycles. The third-order valence-electron chi connectivity index (χ3n) is 6.45. The SMILES string of the molecule is CCC(C)(CNC(=O)[C@H](CN(C)C)NC(=O)OCC1c2ccccc2-c2ccccc21)C(=O)O. The quantitative estimate of drug-likeness (QED) is 0.496. The lowest BCUT2D eigenvalue weighted by Crippen LogP contribution is -2.53. The molecule has 2 amide bonds. The predicted octanol–water partition coefficient (Wildman–Crippen LogP) is 3.07. The van der Waals surface area contributed by atoms with Gasteiger partial charge in [-0.25, -0.2) is 4.79 Å². The smallest absolute Gasteiger partial charge is 0.407 e. The number of ether oxygens (including phenoxy) is 1. The molecule has 3 N–H and O–H groups in total. The molecule has 0 bridgehead atoms. The fraction of sp³-hybridized carbons (Fsp3) is 0.423. The average molecular weight is 468 g/mol. The Balaban J connectivity index is 1.64. The minimum absolute atomic E-state index is 0.0338. The van der Waals surface area contributed by atoms with E-state index in [-0.39, 0.29) is 25.6 Å². The van der Waals surface area contributed by atoms with Gasteiger partial charge in [0.15, 0.2) is 0 Å². The molecule has 0 radical (unpaired) electrons. The second-order valence-electron chi connectivity index (χ2n) is 9.22. The minimum atomic E-state index is -1.08. The molecule has 182 valence electrons. The molecule has 3 rings (SSSR count). The number of hydrogen-bond acceptors (Lipinski definition) is 5.